The molecule has 0 aliphatic carbocycles. The van der Waals surface area contributed by atoms with Crippen LogP contribution in [0.2, 0.25) is 0 Å². The second-order valence-corrected chi connectivity index (χ2v) is 4.79. The SMILES string of the molecule is CC(=O)O.CC1CC(O)OC(C)(c2cscn2)O1. The summed E-state index contributed by atoms with van der Waals surface area (Å²) in [7, 11) is 0. The zero-order valence-corrected chi connectivity index (χ0v) is 11.3. The topological polar surface area (TPSA) is 88.9 Å². The highest BCUT2D eigenvalue weighted by Gasteiger charge is 2.39. The summed E-state index contributed by atoms with van der Waals surface area (Å²) in [5.74, 6) is -1.74. The zero-order chi connectivity index (χ0) is 13.8. The lowest BCUT2D eigenvalue weighted by atomic mass is 10.1. The summed E-state index contributed by atoms with van der Waals surface area (Å²) < 4.78 is 11.0. The average Bonchev–Trinajstić information content (AvgIpc) is 2.66. The molecule has 2 rings (SSSR count). The van der Waals surface area contributed by atoms with Gasteiger partial charge < -0.3 is 19.7 Å². The fourth-order valence-corrected chi connectivity index (χ4v) is 2.25. The Labute approximate surface area is 109 Å². The van der Waals surface area contributed by atoms with Crippen molar-refractivity contribution in [3.63, 3.8) is 0 Å². The monoisotopic (exact) mass is 275 g/mol. The Morgan fingerprint density at radius 3 is 2.67 bits per heavy atom. The van der Waals surface area contributed by atoms with Gasteiger partial charge in [-0.1, -0.05) is 0 Å². The van der Waals surface area contributed by atoms with Gasteiger partial charge in [0.25, 0.3) is 5.97 Å². The highest BCUT2D eigenvalue weighted by molar-refractivity contribution is 7.07. The summed E-state index contributed by atoms with van der Waals surface area (Å²) in [6.07, 6.45) is -0.296. The van der Waals surface area contributed by atoms with Crippen LogP contribution in [-0.2, 0) is 20.1 Å². The lowest BCUT2D eigenvalue weighted by Crippen LogP contribution is -2.43. The highest BCUT2D eigenvalue weighted by atomic mass is 32.1. The van der Waals surface area contributed by atoms with Crippen LogP contribution in [0.15, 0.2) is 10.9 Å². The molecule has 7 heteroatoms. The summed E-state index contributed by atoms with van der Waals surface area (Å²) in [6.45, 7) is 4.78. The largest absolute Gasteiger partial charge is 0.481 e. The number of rotatable bonds is 1. The van der Waals surface area contributed by atoms with Gasteiger partial charge in [0.05, 0.1) is 11.6 Å². The Bertz CT molecular complexity index is 367. The second kappa shape index (κ2) is 6.24. The van der Waals surface area contributed by atoms with E-state index in [1.807, 2.05) is 12.3 Å². The van der Waals surface area contributed by atoms with Crippen LogP contribution >= 0.6 is 11.3 Å². The van der Waals surface area contributed by atoms with Crippen molar-refractivity contribution < 1.29 is 24.5 Å². The normalized spacial score (nSPS) is 31.3. The Kier molecular flexibility index (Phi) is 5.21. The van der Waals surface area contributed by atoms with E-state index in [1.165, 1.54) is 11.3 Å². The molecular formula is C11H17NO5S. The number of aliphatic hydroxyl groups is 1. The molecule has 0 aromatic carbocycles. The molecule has 0 spiro atoms. The van der Waals surface area contributed by atoms with Crippen molar-refractivity contribution in [1.82, 2.24) is 4.98 Å². The van der Waals surface area contributed by atoms with Crippen molar-refractivity contribution >= 4 is 17.3 Å². The van der Waals surface area contributed by atoms with Gasteiger partial charge in [0.15, 0.2) is 6.29 Å². The standard InChI is InChI=1S/C9H13NO3S.C2H4O2/c1-6-3-8(11)13-9(2,12-6)7-4-14-5-10-7;1-2(3)4/h4-6,8,11H,3H2,1-2H3;1H3,(H,3,4). The Hall–Kier alpha value is -1.02. The molecule has 0 saturated carbocycles. The first-order chi connectivity index (χ1) is 8.33. The molecule has 1 saturated heterocycles. The van der Waals surface area contributed by atoms with Gasteiger partial charge in [0, 0.05) is 18.7 Å². The molecule has 3 atom stereocenters. The maximum Gasteiger partial charge on any atom is 0.300 e. The number of aromatic nitrogens is 1. The molecule has 0 amide bonds. The number of thiazole rings is 1. The van der Waals surface area contributed by atoms with Crippen LogP contribution in [0.4, 0.5) is 0 Å². The smallest absolute Gasteiger partial charge is 0.300 e. The van der Waals surface area contributed by atoms with E-state index in [-0.39, 0.29) is 6.10 Å². The third kappa shape index (κ3) is 4.34. The minimum absolute atomic E-state index is 0.0227. The first-order valence-electron chi connectivity index (χ1n) is 5.45. The molecule has 1 aromatic rings. The van der Waals surface area contributed by atoms with Crippen molar-refractivity contribution in [2.24, 2.45) is 0 Å². The van der Waals surface area contributed by atoms with Crippen LogP contribution in [0, 0.1) is 0 Å². The van der Waals surface area contributed by atoms with Gasteiger partial charge in [-0.15, -0.1) is 11.3 Å². The van der Waals surface area contributed by atoms with Crippen LogP contribution < -0.4 is 0 Å². The lowest BCUT2D eigenvalue weighted by molar-refractivity contribution is -0.356. The molecule has 6 nitrogen and oxygen atoms in total. The number of aliphatic carboxylic acids is 1. The molecule has 0 bridgehead atoms. The molecule has 2 heterocycles. The number of carbonyl (C=O) groups is 1. The van der Waals surface area contributed by atoms with Crippen molar-refractivity contribution in [1.29, 1.82) is 0 Å². The molecule has 1 aromatic heterocycles. The molecule has 3 unspecified atom stereocenters. The van der Waals surface area contributed by atoms with Gasteiger partial charge in [-0.25, -0.2) is 4.98 Å². The Morgan fingerprint density at radius 2 is 2.22 bits per heavy atom. The molecular weight excluding hydrogens is 258 g/mol. The van der Waals surface area contributed by atoms with Gasteiger partial charge in [-0.2, -0.15) is 0 Å². The van der Waals surface area contributed by atoms with E-state index < -0.39 is 18.0 Å². The predicted octanol–water partition coefficient (Wildman–Crippen LogP) is 1.55. The average molecular weight is 275 g/mol. The molecule has 0 radical (unpaired) electrons. The van der Waals surface area contributed by atoms with E-state index in [1.54, 1.807) is 12.4 Å². The van der Waals surface area contributed by atoms with Gasteiger partial charge >= 0.3 is 0 Å². The van der Waals surface area contributed by atoms with E-state index >= 15 is 0 Å². The molecule has 2 N–H and O–H groups in total. The van der Waals surface area contributed by atoms with Crippen LogP contribution in [0.1, 0.15) is 32.9 Å². The zero-order valence-electron chi connectivity index (χ0n) is 10.5. The maximum absolute atomic E-state index is 9.49. The van der Waals surface area contributed by atoms with Crippen molar-refractivity contribution in [2.75, 3.05) is 0 Å². The minimum atomic E-state index is -0.906. The highest BCUT2D eigenvalue weighted by Crippen LogP contribution is 2.34. The Morgan fingerprint density at radius 1 is 1.61 bits per heavy atom. The number of aliphatic hydroxyl groups excluding tert-OH is 1. The molecule has 1 fully saturated rings. The van der Waals surface area contributed by atoms with E-state index in [2.05, 4.69) is 4.98 Å². The van der Waals surface area contributed by atoms with Crippen LogP contribution in [0.25, 0.3) is 0 Å². The summed E-state index contributed by atoms with van der Waals surface area (Å²) in [6, 6.07) is 0. The van der Waals surface area contributed by atoms with Crippen LogP contribution in [0.5, 0.6) is 0 Å². The quantitative estimate of drug-likeness (QED) is 0.808. The fourth-order valence-electron chi connectivity index (χ4n) is 1.61. The summed E-state index contributed by atoms with van der Waals surface area (Å²) in [4.78, 5) is 13.1. The van der Waals surface area contributed by atoms with Crippen molar-refractivity contribution in [2.45, 2.75) is 45.4 Å². The van der Waals surface area contributed by atoms with Gasteiger partial charge in [-0.05, 0) is 13.8 Å². The van der Waals surface area contributed by atoms with Crippen LogP contribution in [-0.4, -0.2) is 33.6 Å². The lowest BCUT2D eigenvalue weighted by Gasteiger charge is -2.38. The summed E-state index contributed by atoms with van der Waals surface area (Å²) in [5.41, 5.74) is 2.44. The molecule has 1 aliphatic heterocycles. The fraction of sp³-hybridized carbons (Fsp3) is 0.636. The number of hydrogen-bond donors (Lipinski definition) is 2. The third-order valence-corrected chi connectivity index (χ3v) is 2.80. The van der Waals surface area contributed by atoms with E-state index in [4.69, 9.17) is 19.4 Å². The molecule has 1 aliphatic rings. The number of hydrogen-bond acceptors (Lipinski definition) is 6. The van der Waals surface area contributed by atoms with Crippen molar-refractivity contribution in [3.8, 4) is 0 Å². The summed E-state index contributed by atoms with van der Waals surface area (Å²) in [5, 5.41) is 18.8. The predicted molar refractivity (Wildman–Crippen MR) is 65.0 cm³/mol. The number of carboxylic acid groups (broad SMARTS) is 1. The second-order valence-electron chi connectivity index (χ2n) is 4.08. The third-order valence-electron chi connectivity index (χ3n) is 2.22. The number of ether oxygens (including phenoxy) is 2. The first-order valence-corrected chi connectivity index (χ1v) is 6.39. The molecule has 102 valence electrons. The van der Waals surface area contributed by atoms with Gasteiger partial charge in [-0.3, -0.25) is 4.79 Å². The van der Waals surface area contributed by atoms with E-state index in [0.717, 1.165) is 6.92 Å². The van der Waals surface area contributed by atoms with Gasteiger partial charge in [0.2, 0.25) is 5.79 Å². The molecule has 18 heavy (non-hydrogen) atoms. The van der Waals surface area contributed by atoms with Crippen LogP contribution in [0.3, 0.4) is 0 Å². The van der Waals surface area contributed by atoms with Gasteiger partial charge in [0.1, 0.15) is 5.69 Å². The first kappa shape index (κ1) is 15.0. The minimum Gasteiger partial charge on any atom is -0.481 e. The number of nitrogens with zero attached hydrogens (tertiary/aromatic N) is 1. The Balaban J connectivity index is 0.000000357. The number of carboxylic acids is 1. The van der Waals surface area contributed by atoms with E-state index in [9.17, 15) is 5.11 Å². The van der Waals surface area contributed by atoms with Crippen molar-refractivity contribution in [3.05, 3.63) is 16.6 Å². The van der Waals surface area contributed by atoms with E-state index in [0.29, 0.717) is 12.1 Å². The maximum atomic E-state index is 9.49. The summed E-state index contributed by atoms with van der Waals surface area (Å²) >= 11 is 1.48.